The number of hydrogen-bond donors (Lipinski definition) is 1. The highest BCUT2D eigenvalue weighted by atomic mass is 16.6. The van der Waals surface area contributed by atoms with Gasteiger partial charge in [-0.05, 0) is 40.5 Å². The Bertz CT molecular complexity index is 787. The number of nitriles is 1. The van der Waals surface area contributed by atoms with Crippen molar-refractivity contribution in [1.82, 2.24) is 4.90 Å². The molecule has 8 nitrogen and oxygen atoms in total. The third-order valence-electron chi connectivity index (χ3n) is 4.50. The topological polar surface area (TPSA) is 101 Å². The van der Waals surface area contributed by atoms with Gasteiger partial charge in [0.15, 0.2) is 11.5 Å². The summed E-state index contributed by atoms with van der Waals surface area (Å²) in [4.78, 5) is 26.5. The molecule has 1 heterocycles. The van der Waals surface area contributed by atoms with Gasteiger partial charge in [0, 0.05) is 31.1 Å². The van der Waals surface area contributed by atoms with Crippen molar-refractivity contribution in [2.45, 2.75) is 46.1 Å². The molecule has 0 saturated carbocycles. The fourth-order valence-corrected chi connectivity index (χ4v) is 3.07. The maximum atomic E-state index is 12.7. The van der Waals surface area contributed by atoms with Crippen molar-refractivity contribution in [3.05, 3.63) is 17.7 Å². The number of ether oxygens (including phenoxy) is 3. The standard InChI is InChI=1S/C21H29N3O5/c1-6-28-18-12-16(15(13-22)11-17(18)27-5)23-19(25)14-7-9-24(10-8-14)20(26)29-21(2,3)4/h11-12,14H,6-10H2,1-5H3,(H,23,25). The maximum absolute atomic E-state index is 12.7. The molecule has 0 aliphatic carbocycles. The summed E-state index contributed by atoms with van der Waals surface area (Å²) < 4.78 is 16.2. The van der Waals surface area contributed by atoms with E-state index in [-0.39, 0.29) is 17.9 Å². The Labute approximate surface area is 171 Å². The molecule has 0 aromatic heterocycles. The Morgan fingerprint density at radius 2 is 1.90 bits per heavy atom. The molecule has 158 valence electrons. The normalized spacial score (nSPS) is 14.7. The number of piperidine rings is 1. The zero-order chi connectivity index (χ0) is 21.6. The number of hydrogen-bond acceptors (Lipinski definition) is 6. The summed E-state index contributed by atoms with van der Waals surface area (Å²) >= 11 is 0. The van der Waals surface area contributed by atoms with E-state index in [1.165, 1.54) is 7.11 Å². The summed E-state index contributed by atoms with van der Waals surface area (Å²) in [5, 5.41) is 12.2. The molecule has 29 heavy (non-hydrogen) atoms. The third-order valence-corrected chi connectivity index (χ3v) is 4.50. The number of likely N-dealkylation sites (tertiary alicyclic amines) is 1. The summed E-state index contributed by atoms with van der Waals surface area (Å²) in [5.41, 5.74) is 0.132. The van der Waals surface area contributed by atoms with Gasteiger partial charge in [-0.25, -0.2) is 4.79 Å². The number of anilines is 1. The van der Waals surface area contributed by atoms with Crippen molar-refractivity contribution in [2.75, 3.05) is 32.1 Å². The second kappa shape index (κ2) is 9.50. The minimum absolute atomic E-state index is 0.182. The van der Waals surface area contributed by atoms with Crippen molar-refractivity contribution in [1.29, 1.82) is 5.26 Å². The molecule has 1 N–H and O–H groups in total. The minimum atomic E-state index is -0.550. The van der Waals surface area contributed by atoms with Crippen LogP contribution in [0.2, 0.25) is 0 Å². The Hall–Kier alpha value is -2.95. The molecule has 1 fully saturated rings. The van der Waals surface area contributed by atoms with Gasteiger partial charge in [0.1, 0.15) is 11.7 Å². The summed E-state index contributed by atoms with van der Waals surface area (Å²) in [6.07, 6.45) is 0.697. The van der Waals surface area contributed by atoms with Gasteiger partial charge in [-0.2, -0.15) is 5.26 Å². The largest absolute Gasteiger partial charge is 0.493 e. The zero-order valence-electron chi connectivity index (χ0n) is 17.7. The van der Waals surface area contributed by atoms with Crippen molar-refractivity contribution in [2.24, 2.45) is 5.92 Å². The second-order valence-corrected chi connectivity index (χ2v) is 7.82. The van der Waals surface area contributed by atoms with Crippen LogP contribution >= 0.6 is 0 Å². The SMILES string of the molecule is CCOc1cc(NC(=O)C2CCN(C(=O)OC(C)(C)C)CC2)c(C#N)cc1OC. The van der Waals surface area contributed by atoms with Crippen LogP contribution in [0.4, 0.5) is 10.5 Å². The van der Waals surface area contributed by atoms with Crippen LogP contribution in [0, 0.1) is 17.2 Å². The van der Waals surface area contributed by atoms with Crippen LogP contribution in [-0.2, 0) is 9.53 Å². The number of benzene rings is 1. The van der Waals surface area contributed by atoms with E-state index < -0.39 is 5.60 Å². The van der Waals surface area contributed by atoms with E-state index >= 15 is 0 Å². The van der Waals surface area contributed by atoms with Crippen molar-refractivity contribution < 1.29 is 23.8 Å². The van der Waals surface area contributed by atoms with E-state index in [4.69, 9.17) is 14.2 Å². The number of amides is 2. The molecule has 1 saturated heterocycles. The second-order valence-electron chi connectivity index (χ2n) is 7.82. The van der Waals surface area contributed by atoms with E-state index in [1.54, 1.807) is 17.0 Å². The van der Waals surface area contributed by atoms with Crippen LogP contribution < -0.4 is 14.8 Å². The lowest BCUT2D eigenvalue weighted by molar-refractivity contribution is -0.121. The fraction of sp³-hybridized carbons (Fsp3) is 0.571. The number of methoxy groups -OCH3 is 1. The average molecular weight is 403 g/mol. The summed E-state index contributed by atoms with van der Waals surface area (Å²) in [6, 6.07) is 5.23. The van der Waals surface area contributed by atoms with E-state index in [9.17, 15) is 14.9 Å². The van der Waals surface area contributed by atoms with Gasteiger partial charge in [-0.3, -0.25) is 4.79 Å². The molecule has 0 unspecified atom stereocenters. The Kier molecular flexibility index (Phi) is 7.32. The molecule has 2 rings (SSSR count). The Morgan fingerprint density at radius 1 is 1.24 bits per heavy atom. The number of carbonyl (C=O) groups excluding carboxylic acids is 2. The lowest BCUT2D eigenvalue weighted by Gasteiger charge is -2.33. The molecule has 0 radical (unpaired) electrons. The first-order chi connectivity index (χ1) is 13.7. The van der Waals surface area contributed by atoms with Gasteiger partial charge in [-0.15, -0.1) is 0 Å². The Morgan fingerprint density at radius 3 is 2.41 bits per heavy atom. The molecule has 0 bridgehead atoms. The van der Waals surface area contributed by atoms with E-state index in [0.29, 0.717) is 55.3 Å². The van der Waals surface area contributed by atoms with Crippen molar-refractivity contribution in [3.63, 3.8) is 0 Å². The predicted molar refractivity (Wildman–Crippen MR) is 108 cm³/mol. The first kappa shape index (κ1) is 22.3. The molecule has 0 spiro atoms. The van der Waals surface area contributed by atoms with E-state index in [1.807, 2.05) is 27.7 Å². The molecule has 2 amide bonds. The first-order valence-electron chi connectivity index (χ1n) is 9.72. The van der Waals surface area contributed by atoms with Gasteiger partial charge in [0.25, 0.3) is 0 Å². The zero-order valence-corrected chi connectivity index (χ0v) is 17.7. The fourth-order valence-electron chi connectivity index (χ4n) is 3.07. The number of nitrogens with zero attached hydrogens (tertiary/aromatic N) is 2. The lowest BCUT2D eigenvalue weighted by atomic mass is 9.96. The predicted octanol–water partition coefficient (Wildman–Crippen LogP) is 3.55. The summed E-state index contributed by atoms with van der Waals surface area (Å²) in [7, 11) is 1.50. The molecule has 8 heteroatoms. The molecule has 1 aromatic carbocycles. The van der Waals surface area contributed by atoms with Gasteiger partial charge >= 0.3 is 6.09 Å². The summed E-state index contributed by atoms with van der Waals surface area (Å²) in [6.45, 7) is 8.64. The van der Waals surface area contributed by atoms with Crippen LogP contribution in [0.5, 0.6) is 11.5 Å². The Balaban J connectivity index is 2.03. The quantitative estimate of drug-likeness (QED) is 0.807. The minimum Gasteiger partial charge on any atom is -0.493 e. The van der Waals surface area contributed by atoms with Crippen molar-refractivity contribution in [3.8, 4) is 17.6 Å². The van der Waals surface area contributed by atoms with E-state index in [0.717, 1.165) is 0 Å². The molecule has 1 aromatic rings. The molecular weight excluding hydrogens is 374 g/mol. The van der Waals surface area contributed by atoms with Gasteiger partial charge in [-0.1, -0.05) is 0 Å². The first-order valence-corrected chi connectivity index (χ1v) is 9.72. The summed E-state index contributed by atoms with van der Waals surface area (Å²) in [5.74, 6) is 0.465. The maximum Gasteiger partial charge on any atom is 0.410 e. The van der Waals surface area contributed by atoms with Gasteiger partial charge in [0.2, 0.25) is 5.91 Å². The van der Waals surface area contributed by atoms with Crippen LogP contribution in [0.3, 0.4) is 0 Å². The van der Waals surface area contributed by atoms with Gasteiger partial charge in [0.05, 0.1) is 25.0 Å². The molecule has 1 aliphatic rings. The van der Waals surface area contributed by atoms with Crippen LogP contribution in [-0.4, -0.2) is 49.3 Å². The van der Waals surface area contributed by atoms with Crippen LogP contribution in [0.15, 0.2) is 12.1 Å². The highest BCUT2D eigenvalue weighted by Gasteiger charge is 2.30. The van der Waals surface area contributed by atoms with Crippen LogP contribution in [0.25, 0.3) is 0 Å². The molecule has 1 aliphatic heterocycles. The monoisotopic (exact) mass is 403 g/mol. The molecular formula is C21H29N3O5. The third kappa shape index (κ3) is 6.01. The van der Waals surface area contributed by atoms with Gasteiger partial charge < -0.3 is 24.4 Å². The van der Waals surface area contributed by atoms with Crippen molar-refractivity contribution >= 4 is 17.7 Å². The lowest BCUT2D eigenvalue weighted by Crippen LogP contribution is -2.43. The molecule has 0 atom stereocenters. The average Bonchev–Trinajstić information content (AvgIpc) is 2.67. The van der Waals surface area contributed by atoms with Crippen LogP contribution in [0.1, 0.15) is 46.1 Å². The smallest absolute Gasteiger partial charge is 0.410 e. The number of carbonyl (C=O) groups is 2. The highest BCUT2D eigenvalue weighted by Crippen LogP contribution is 2.34. The number of nitrogens with one attached hydrogen (secondary N) is 1. The highest BCUT2D eigenvalue weighted by molar-refractivity contribution is 5.94. The van der Waals surface area contributed by atoms with E-state index in [2.05, 4.69) is 11.4 Å². The number of rotatable bonds is 5.